The van der Waals surface area contributed by atoms with Gasteiger partial charge in [-0.25, -0.2) is 0 Å². The van der Waals surface area contributed by atoms with Crippen molar-refractivity contribution in [3.63, 3.8) is 0 Å². The van der Waals surface area contributed by atoms with Crippen molar-refractivity contribution in [2.24, 2.45) is 0 Å². The van der Waals surface area contributed by atoms with E-state index in [1.165, 1.54) is 4.90 Å². The molecule has 0 fully saturated rings. The standard InChI is InChI=1S/C16H20N2O5/c1-18-12-9-11(3-5-14(12)23-10-16(18)21)13(19)4-6-15(20)17-7-8-22-2/h3,5,9H,4,6-8,10H2,1-2H3,(H,17,20). The number of carbonyl (C=O) groups is 3. The lowest BCUT2D eigenvalue weighted by Gasteiger charge is -2.26. The van der Waals surface area contributed by atoms with E-state index in [1.807, 2.05) is 0 Å². The van der Waals surface area contributed by atoms with Gasteiger partial charge in [-0.2, -0.15) is 0 Å². The zero-order chi connectivity index (χ0) is 16.8. The molecular weight excluding hydrogens is 300 g/mol. The summed E-state index contributed by atoms with van der Waals surface area (Å²) in [4.78, 5) is 36.9. The Morgan fingerprint density at radius 3 is 2.87 bits per heavy atom. The van der Waals surface area contributed by atoms with Crippen LogP contribution in [-0.2, 0) is 14.3 Å². The molecule has 0 radical (unpaired) electrons. The van der Waals surface area contributed by atoms with Crippen LogP contribution in [0.5, 0.6) is 5.75 Å². The Morgan fingerprint density at radius 2 is 2.13 bits per heavy atom. The molecule has 23 heavy (non-hydrogen) atoms. The third kappa shape index (κ3) is 4.29. The van der Waals surface area contributed by atoms with Gasteiger partial charge in [0.25, 0.3) is 5.91 Å². The number of nitrogens with one attached hydrogen (secondary N) is 1. The summed E-state index contributed by atoms with van der Waals surface area (Å²) in [5.74, 6) is 0.0608. The summed E-state index contributed by atoms with van der Waals surface area (Å²) < 4.78 is 10.1. The van der Waals surface area contributed by atoms with E-state index in [-0.39, 0.29) is 37.0 Å². The zero-order valence-electron chi connectivity index (χ0n) is 13.3. The van der Waals surface area contributed by atoms with Gasteiger partial charge in [-0.05, 0) is 18.2 Å². The Balaban J connectivity index is 1.95. The summed E-state index contributed by atoms with van der Waals surface area (Å²) in [7, 11) is 3.19. The van der Waals surface area contributed by atoms with E-state index in [0.29, 0.717) is 30.2 Å². The lowest BCUT2D eigenvalue weighted by Crippen LogP contribution is -2.35. The van der Waals surface area contributed by atoms with Crippen molar-refractivity contribution in [2.75, 3.05) is 38.8 Å². The second-order valence-corrected chi connectivity index (χ2v) is 5.19. The lowest BCUT2D eigenvalue weighted by atomic mass is 10.0. The molecule has 0 aliphatic carbocycles. The van der Waals surface area contributed by atoms with Crippen LogP contribution in [0.15, 0.2) is 18.2 Å². The summed E-state index contributed by atoms with van der Waals surface area (Å²) in [6.45, 7) is 0.857. The van der Waals surface area contributed by atoms with Gasteiger partial charge in [0.1, 0.15) is 5.75 Å². The van der Waals surface area contributed by atoms with Gasteiger partial charge in [0.2, 0.25) is 5.91 Å². The van der Waals surface area contributed by atoms with Crippen LogP contribution in [0.3, 0.4) is 0 Å². The molecule has 1 aromatic rings. The fraction of sp³-hybridized carbons (Fsp3) is 0.438. The highest BCUT2D eigenvalue weighted by Gasteiger charge is 2.23. The van der Waals surface area contributed by atoms with Crippen LogP contribution in [0.4, 0.5) is 5.69 Å². The normalized spacial score (nSPS) is 13.3. The van der Waals surface area contributed by atoms with Crippen molar-refractivity contribution in [2.45, 2.75) is 12.8 Å². The molecular formula is C16H20N2O5. The van der Waals surface area contributed by atoms with Crippen LogP contribution < -0.4 is 15.0 Å². The summed E-state index contributed by atoms with van der Waals surface area (Å²) >= 11 is 0. The SMILES string of the molecule is COCCNC(=O)CCC(=O)c1ccc2c(c1)N(C)C(=O)CO2. The molecule has 1 aliphatic heterocycles. The number of ether oxygens (including phenoxy) is 2. The molecule has 7 heteroatoms. The molecule has 0 aromatic heterocycles. The molecule has 2 amide bonds. The maximum atomic E-state index is 12.2. The first-order valence-electron chi connectivity index (χ1n) is 7.35. The molecule has 0 saturated heterocycles. The minimum absolute atomic E-state index is 0.00155. The molecule has 2 rings (SSSR count). The van der Waals surface area contributed by atoms with Crippen LogP contribution in [0.2, 0.25) is 0 Å². The molecule has 0 saturated carbocycles. The molecule has 1 heterocycles. The van der Waals surface area contributed by atoms with Crippen LogP contribution in [0.25, 0.3) is 0 Å². The Morgan fingerprint density at radius 1 is 1.35 bits per heavy atom. The summed E-state index contributed by atoms with van der Waals surface area (Å²) in [5.41, 5.74) is 1.02. The van der Waals surface area contributed by atoms with Gasteiger partial charge in [-0.3, -0.25) is 14.4 Å². The molecule has 7 nitrogen and oxygen atoms in total. The predicted molar refractivity (Wildman–Crippen MR) is 83.8 cm³/mol. The van der Waals surface area contributed by atoms with Gasteiger partial charge in [-0.15, -0.1) is 0 Å². The third-order valence-corrected chi connectivity index (χ3v) is 3.57. The van der Waals surface area contributed by atoms with Crippen molar-refractivity contribution in [3.8, 4) is 5.75 Å². The van der Waals surface area contributed by atoms with Gasteiger partial charge >= 0.3 is 0 Å². The number of Topliss-reactive ketones (excluding diaryl/α,β-unsaturated/α-hetero) is 1. The van der Waals surface area contributed by atoms with Crippen molar-refractivity contribution in [3.05, 3.63) is 23.8 Å². The number of anilines is 1. The first-order valence-corrected chi connectivity index (χ1v) is 7.35. The molecule has 0 bridgehead atoms. The number of benzene rings is 1. The first kappa shape index (κ1) is 17.0. The largest absolute Gasteiger partial charge is 0.482 e. The minimum atomic E-state index is -0.191. The fourth-order valence-corrected chi connectivity index (χ4v) is 2.20. The predicted octanol–water partition coefficient (Wildman–Crippen LogP) is 0.767. The molecule has 0 unspecified atom stereocenters. The maximum absolute atomic E-state index is 12.2. The number of carbonyl (C=O) groups excluding carboxylic acids is 3. The smallest absolute Gasteiger partial charge is 0.264 e. The van der Waals surface area contributed by atoms with Crippen LogP contribution in [-0.4, -0.2) is 51.5 Å². The average Bonchev–Trinajstić information content (AvgIpc) is 2.56. The van der Waals surface area contributed by atoms with Crippen molar-refractivity contribution in [1.29, 1.82) is 0 Å². The quantitative estimate of drug-likeness (QED) is 0.592. The molecule has 1 N–H and O–H groups in total. The minimum Gasteiger partial charge on any atom is -0.482 e. The number of likely N-dealkylation sites (N-methyl/N-ethyl adjacent to an activating group) is 1. The van der Waals surface area contributed by atoms with Crippen molar-refractivity contribution in [1.82, 2.24) is 5.32 Å². The summed E-state index contributed by atoms with van der Waals surface area (Å²) in [5, 5.41) is 2.66. The number of methoxy groups -OCH3 is 1. The van der Waals surface area contributed by atoms with E-state index in [4.69, 9.17) is 9.47 Å². The number of nitrogens with zero attached hydrogens (tertiary/aromatic N) is 1. The Hall–Kier alpha value is -2.41. The Kier molecular flexibility index (Phi) is 5.70. The number of ketones is 1. The molecule has 124 valence electrons. The van der Waals surface area contributed by atoms with Crippen LogP contribution in [0.1, 0.15) is 23.2 Å². The highest BCUT2D eigenvalue weighted by Crippen LogP contribution is 2.32. The number of fused-ring (bicyclic) bond motifs is 1. The lowest BCUT2D eigenvalue weighted by molar-refractivity contribution is -0.121. The number of amides is 2. The second kappa shape index (κ2) is 7.73. The van der Waals surface area contributed by atoms with Crippen LogP contribution in [0, 0.1) is 0 Å². The van der Waals surface area contributed by atoms with E-state index < -0.39 is 0 Å². The first-order chi connectivity index (χ1) is 11.0. The van der Waals surface area contributed by atoms with E-state index in [2.05, 4.69) is 5.32 Å². The molecule has 0 atom stereocenters. The third-order valence-electron chi connectivity index (χ3n) is 3.57. The molecule has 1 aromatic carbocycles. The van der Waals surface area contributed by atoms with Crippen molar-refractivity contribution >= 4 is 23.3 Å². The molecule has 1 aliphatic rings. The Labute approximate surface area is 134 Å². The second-order valence-electron chi connectivity index (χ2n) is 5.19. The summed E-state index contributed by atoms with van der Waals surface area (Å²) in [6.07, 6.45) is 0.223. The highest BCUT2D eigenvalue weighted by molar-refractivity contribution is 6.02. The number of hydrogen-bond donors (Lipinski definition) is 1. The topological polar surface area (TPSA) is 84.9 Å². The van der Waals surface area contributed by atoms with E-state index in [1.54, 1.807) is 32.4 Å². The van der Waals surface area contributed by atoms with E-state index in [0.717, 1.165) is 0 Å². The summed E-state index contributed by atoms with van der Waals surface area (Å²) in [6, 6.07) is 4.94. The van der Waals surface area contributed by atoms with Gasteiger partial charge in [0.05, 0.1) is 12.3 Å². The molecule has 0 spiro atoms. The maximum Gasteiger partial charge on any atom is 0.264 e. The van der Waals surface area contributed by atoms with Gasteiger partial charge in [0, 0.05) is 39.1 Å². The van der Waals surface area contributed by atoms with Crippen LogP contribution >= 0.6 is 0 Å². The highest BCUT2D eigenvalue weighted by atomic mass is 16.5. The Bertz CT molecular complexity index is 614. The van der Waals surface area contributed by atoms with Gasteiger partial charge < -0.3 is 19.7 Å². The van der Waals surface area contributed by atoms with E-state index >= 15 is 0 Å². The van der Waals surface area contributed by atoms with Gasteiger partial charge in [-0.1, -0.05) is 0 Å². The van der Waals surface area contributed by atoms with Crippen molar-refractivity contribution < 1.29 is 23.9 Å². The fourth-order valence-electron chi connectivity index (χ4n) is 2.20. The average molecular weight is 320 g/mol. The zero-order valence-corrected chi connectivity index (χ0v) is 13.3. The monoisotopic (exact) mass is 320 g/mol. The number of rotatable bonds is 7. The number of hydrogen-bond acceptors (Lipinski definition) is 5. The van der Waals surface area contributed by atoms with Gasteiger partial charge in [0.15, 0.2) is 12.4 Å². The van der Waals surface area contributed by atoms with E-state index in [9.17, 15) is 14.4 Å².